The molecular formula is C13H24IN5O3S. The van der Waals surface area contributed by atoms with Crippen LogP contribution in [-0.2, 0) is 16.6 Å². The molecule has 1 aromatic heterocycles. The summed E-state index contributed by atoms with van der Waals surface area (Å²) in [6.45, 7) is 5.74. The van der Waals surface area contributed by atoms with Crippen LogP contribution in [-0.4, -0.2) is 56.1 Å². The molecule has 0 atom stereocenters. The summed E-state index contributed by atoms with van der Waals surface area (Å²) in [6.07, 6.45) is 0.707. The van der Waals surface area contributed by atoms with Crippen molar-refractivity contribution < 1.29 is 12.8 Å². The molecule has 0 unspecified atom stereocenters. The standard InChI is InChI=1S/C13H23N5O3S.HI/c1-10-11(2)21-12(17-10)9-16-13(14-3)15-5-7-18-6-4-8-22(18,19)20;/h4-9H2,1-3H3,(H2,14,15,16);1H. The number of halogens is 1. The fraction of sp³-hybridized carbons (Fsp3) is 0.692. The van der Waals surface area contributed by atoms with E-state index in [4.69, 9.17) is 4.42 Å². The zero-order chi connectivity index (χ0) is 16.2. The van der Waals surface area contributed by atoms with Crippen molar-refractivity contribution in [3.63, 3.8) is 0 Å². The van der Waals surface area contributed by atoms with E-state index in [1.807, 2.05) is 13.8 Å². The van der Waals surface area contributed by atoms with E-state index in [0.29, 0.717) is 44.5 Å². The molecule has 2 heterocycles. The Balaban J connectivity index is 0.00000264. The Morgan fingerprint density at radius 3 is 2.65 bits per heavy atom. The number of sulfonamides is 1. The highest BCUT2D eigenvalue weighted by Crippen LogP contribution is 2.11. The highest BCUT2D eigenvalue weighted by Gasteiger charge is 2.27. The van der Waals surface area contributed by atoms with Gasteiger partial charge in [0, 0.05) is 26.7 Å². The van der Waals surface area contributed by atoms with Gasteiger partial charge in [-0.15, -0.1) is 24.0 Å². The van der Waals surface area contributed by atoms with Crippen molar-refractivity contribution in [2.45, 2.75) is 26.8 Å². The molecule has 2 rings (SSSR count). The van der Waals surface area contributed by atoms with Gasteiger partial charge >= 0.3 is 0 Å². The van der Waals surface area contributed by atoms with Crippen LogP contribution >= 0.6 is 24.0 Å². The molecule has 1 aromatic rings. The van der Waals surface area contributed by atoms with Gasteiger partial charge in [-0.2, -0.15) is 0 Å². The van der Waals surface area contributed by atoms with Gasteiger partial charge in [0.15, 0.2) is 5.96 Å². The Bertz CT molecular complexity index is 625. The van der Waals surface area contributed by atoms with Crippen LogP contribution in [0.2, 0.25) is 0 Å². The molecule has 1 aliphatic rings. The number of rotatable bonds is 5. The smallest absolute Gasteiger partial charge is 0.214 e. The summed E-state index contributed by atoms with van der Waals surface area (Å²) < 4.78 is 30.4. The Morgan fingerprint density at radius 2 is 2.13 bits per heavy atom. The summed E-state index contributed by atoms with van der Waals surface area (Å²) in [6, 6.07) is 0. The molecule has 0 bridgehead atoms. The Hall–Kier alpha value is -0.880. The average Bonchev–Trinajstić information content (AvgIpc) is 2.96. The van der Waals surface area contributed by atoms with E-state index in [-0.39, 0.29) is 29.7 Å². The number of oxazole rings is 1. The third kappa shape index (κ3) is 5.60. The van der Waals surface area contributed by atoms with Gasteiger partial charge in [-0.05, 0) is 20.3 Å². The van der Waals surface area contributed by atoms with Crippen molar-refractivity contribution in [2.75, 3.05) is 32.4 Å². The lowest BCUT2D eigenvalue weighted by molar-refractivity contribution is 0.443. The molecule has 1 saturated heterocycles. The van der Waals surface area contributed by atoms with Gasteiger partial charge < -0.3 is 15.1 Å². The average molecular weight is 457 g/mol. The highest BCUT2D eigenvalue weighted by atomic mass is 127. The quantitative estimate of drug-likeness (QED) is 0.382. The molecule has 0 spiro atoms. The second-order valence-electron chi connectivity index (χ2n) is 5.17. The van der Waals surface area contributed by atoms with Crippen molar-refractivity contribution in [1.29, 1.82) is 0 Å². The number of aliphatic imine (C=N–C) groups is 1. The van der Waals surface area contributed by atoms with Crippen LogP contribution in [0.25, 0.3) is 0 Å². The molecule has 0 radical (unpaired) electrons. The highest BCUT2D eigenvalue weighted by molar-refractivity contribution is 14.0. The molecular weight excluding hydrogens is 433 g/mol. The summed E-state index contributed by atoms with van der Waals surface area (Å²) in [5.41, 5.74) is 0.874. The van der Waals surface area contributed by atoms with Crippen LogP contribution in [0.5, 0.6) is 0 Å². The van der Waals surface area contributed by atoms with E-state index >= 15 is 0 Å². The van der Waals surface area contributed by atoms with Gasteiger partial charge in [0.2, 0.25) is 15.9 Å². The van der Waals surface area contributed by atoms with Crippen LogP contribution < -0.4 is 10.6 Å². The summed E-state index contributed by atoms with van der Waals surface area (Å²) in [4.78, 5) is 8.37. The van der Waals surface area contributed by atoms with Gasteiger partial charge in [-0.1, -0.05) is 0 Å². The minimum Gasteiger partial charge on any atom is -0.444 e. The molecule has 10 heteroatoms. The first-order valence-corrected chi connectivity index (χ1v) is 8.88. The lowest BCUT2D eigenvalue weighted by Gasteiger charge is -2.16. The van der Waals surface area contributed by atoms with E-state index in [9.17, 15) is 8.42 Å². The van der Waals surface area contributed by atoms with Crippen LogP contribution in [0, 0.1) is 13.8 Å². The van der Waals surface area contributed by atoms with Gasteiger partial charge in [-0.3, -0.25) is 4.99 Å². The number of hydrogen-bond donors (Lipinski definition) is 2. The van der Waals surface area contributed by atoms with Crippen LogP contribution in [0.3, 0.4) is 0 Å². The SMILES string of the molecule is CN=C(NCCN1CCCS1(=O)=O)NCc1nc(C)c(C)o1.I. The Labute approximate surface area is 154 Å². The first-order chi connectivity index (χ1) is 10.4. The molecule has 1 aliphatic heterocycles. The van der Waals surface area contributed by atoms with Gasteiger partial charge in [0.25, 0.3) is 0 Å². The predicted octanol–water partition coefficient (Wildman–Crippen LogP) is 0.610. The van der Waals surface area contributed by atoms with Crippen molar-refractivity contribution in [3.05, 3.63) is 17.3 Å². The maximum absolute atomic E-state index is 11.7. The predicted molar refractivity (Wildman–Crippen MR) is 99.6 cm³/mol. The summed E-state index contributed by atoms with van der Waals surface area (Å²) in [7, 11) is -1.38. The number of nitrogens with zero attached hydrogens (tertiary/aromatic N) is 3. The van der Waals surface area contributed by atoms with E-state index < -0.39 is 10.0 Å². The largest absolute Gasteiger partial charge is 0.444 e. The molecule has 0 amide bonds. The zero-order valence-corrected chi connectivity index (χ0v) is 16.8. The van der Waals surface area contributed by atoms with Crippen LogP contribution in [0.1, 0.15) is 23.8 Å². The molecule has 23 heavy (non-hydrogen) atoms. The minimum atomic E-state index is -3.04. The maximum atomic E-state index is 11.7. The summed E-state index contributed by atoms with van der Waals surface area (Å²) in [5, 5.41) is 6.18. The van der Waals surface area contributed by atoms with Crippen molar-refractivity contribution in [2.24, 2.45) is 4.99 Å². The lowest BCUT2D eigenvalue weighted by Crippen LogP contribution is -2.41. The third-order valence-electron chi connectivity index (χ3n) is 3.56. The van der Waals surface area contributed by atoms with E-state index in [1.165, 1.54) is 4.31 Å². The van der Waals surface area contributed by atoms with E-state index in [2.05, 4.69) is 20.6 Å². The second kappa shape index (κ2) is 8.83. The normalized spacial score (nSPS) is 17.8. The molecule has 0 aromatic carbocycles. The van der Waals surface area contributed by atoms with Crippen LogP contribution in [0.15, 0.2) is 9.41 Å². The lowest BCUT2D eigenvalue weighted by atomic mass is 10.4. The van der Waals surface area contributed by atoms with Crippen LogP contribution in [0.4, 0.5) is 0 Å². The first kappa shape index (κ1) is 20.2. The molecule has 2 N–H and O–H groups in total. The first-order valence-electron chi connectivity index (χ1n) is 7.27. The molecule has 0 saturated carbocycles. The van der Waals surface area contributed by atoms with Crippen molar-refractivity contribution in [1.82, 2.24) is 19.9 Å². The molecule has 1 fully saturated rings. The minimum absolute atomic E-state index is 0. The maximum Gasteiger partial charge on any atom is 0.214 e. The number of nitrogens with one attached hydrogen (secondary N) is 2. The number of aryl methyl sites for hydroxylation is 2. The number of guanidine groups is 1. The third-order valence-corrected chi connectivity index (χ3v) is 5.52. The topological polar surface area (TPSA) is 99.8 Å². The molecule has 8 nitrogen and oxygen atoms in total. The molecule has 0 aliphatic carbocycles. The van der Waals surface area contributed by atoms with Crippen molar-refractivity contribution in [3.8, 4) is 0 Å². The van der Waals surface area contributed by atoms with Gasteiger partial charge in [0.1, 0.15) is 5.76 Å². The van der Waals surface area contributed by atoms with Gasteiger partial charge in [0.05, 0.1) is 18.0 Å². The second-order valence-corrected chi connectivity index (χ2v) is 7.26. The van der Waals surface area contributed by atoms with Crippen molar-refractivity contribution >= 4 is 40.0 Å². The Morgan fingerprint density at radius 1 is 1.39 bits per heavy atom. The fourth-order valence-electron chi connectivity index (χ4n) is 2.24. The molecule has 132 valence electrons. The number of aromatic nitrogens is 1. The summed E-state index contributed by atoms with van der Waals surface area (Å²) >= 11 is 0. The zero-order valence-electron chi connectivity index (χ0n) is 13.6. The van der Waals surface area contributed by atoms with Gasteiger partial charge in [-0.25, -0.2) is 17.7 Å². The monoisotopic (exact) mass is 457 g/mol. The Kier molecular flexibility index (Phi) is 7.74. The number of hydrogen-bond acceptors (Lipinski definition) is 5. The summed E-state index contributed by atoms with van der Waals surface area (Å²) in [5.74, 6) is 2.24. The fourth-order valence-corrected chi connectivity index (χ4v) is 3.76. The van der Waals surface area contributed by atoms with E-state index in [1.54, 1.807) is 7.05 Å². The van der Waals surface area contributed by atoms with E-state index in [0.717, 1.165) is 11.5 Å².